The number of hydrogen-bond donors (Lipinski definition) is 0. The molecule has 3 nitrogen and oxygen atoms in total. The van der Waals surface area contributed by atoms with Crippen LogP contribution in [0.15, 0.2) is 0 Å². The summed E-state index contributed by atoms with van der Waals surface area (Å²) in [7, 11) is -2.54. The Morgan fingerprint density at radius 2 is 0.667 bits per heavy atom. The van der Waals surface area contributed by atoms with Crippen LogP contribution in [0.25, 0.3) is 0 Å². The first-order valence-electron chi connectivity index (χ1n) is 13.7. The minimum Gasteiger partial charge on any atom is -0.373 e. The van der Waals surface area contributed by atoms with E-state index in [1.54, 1.807) is 0 Å². The van der Waals surface area contributed by atoms with Gasteiger partial charge in [-0.1, -0.05) is 118 Å². The Morgan fingerprint density at radius 3 is 1.00 bits per heavy atom. The van der Waals surface area contributed by atoms with E-state index in [0.29, 0.717) is 0 Å². The zero-order valence-corrected chi connectivity index (χ0v) is 22.3. The van der Waals surface area contributed by atoms with E-state index in [9.17, 15) is 0 Å². The molecule has 0 unspecified atom stereocenters. The molecule has 0 bridgehead atoms. The maximum absolute atomic E-state index is 6.51. The quantitative estimate of drug-likeness (QED) is 0.104. The van der Waals surface area contributed by atoms with Crippen molar-refractivity contribution in [1.29, 1.82) is 0 Å². The zero-order chi connectivity index (χ0) is 22.2. The van der Waals surface area contributed by atoms with E-state index in [1.807, 2.05) is 0 Å². The summed E-state index contributed by atoms with van der Waals surface area (Å²) in [5, 5.41) is 0. The molecule has 0 rings (SSSR count). The molecule has 0 spiro atoms. The van der Waals surface area contributed by atoms with E-state index in [-0.39, 0.29) is 0 Å². The molecule has 0 saturated carbocycles. The second kappa shape index (κ2) is 23.8. The first kappa shape index (κ1) is 30.1. The van der Waals surface area contributed by atoms with E-state index in [0.717, 1.165) is 45.1 Å². The molecule has 0 aliphatic heterocycles. The lowest BCUT2D eigenvalue weighted by molar-refractivity contribution is 0.0546. The van der Waals surface area contributed by atoms with Crippen LogP contribution in [0.5, 0.6) is 0 Å². The largest absolute Gasteiger partial charge is 0.500 e. The van der Waals surface area contributed by atoms with E-state index in [2.05, 4.69) is 27.7 Å². The summed E-state index contributed by atoms with van der Waals surface area (Å²) in [6.07, 6.45) is 22.7. The summed E-state index contributed by atoms with van der Waals surface area (Å²) in [5.41, 5.74) is 0. The molecule has 0 fully saturated rings. The van der Waals surface area contributed by atoms with Crippen LogP contribution in [-0.2, 0) is 13.3 Å². The van der Waals surface area contributed by atoms with Crippen LogP contribution >= 0.6 is 0 Å². The van der Waals surface area contributed by atoms with E-state index in [4.69, 9.17) is 13.3 Å². The average molecular weight is 445 g/mol. The third kappa shape index (κ3) is 18.8. The maximum Gasteiger partial charge on any atom is 0.500 e. The SMILES string of the molecule is CCCCCCCO[Si](CCCCC)(OCCCCCCC)OCCCCCCC. The standard InChI is InChI=1S/C26H56O3Si/c1-5-9-13-16-19-23-27-30(26-22-12-8-4,28-24-20-17-14-10-6-2)29-25-21-18-15-11-7-3/h5-26H2,1-4H3. The van der Waals surface area contributed by atoms with Crippen LogP contribution in [-0.4, -0.2) is 28.6 Å². The second-order valence-electron chi connectivity index (χ2n) is 8.93. The number of unbranched alkanes of at least 4 members (excludes halogenated alkanes) is 14. The third-order valence-electron chi connectivity index (χ3n) is 5.80. The van der Waals surface area contributed by atoms with Crippen molar-refractivity contribution in [1.82, 2.24) is 0 Å². The molecular formula is C26H56O3Si. The normalized spacial score (nSPS) is 12.0. The topological polar surface area (TPSA) is 27.7 Å². The van der Waals surface area contributed by atoms with Crippen LogP contribution in [0.4, 0.5) is 0 Å². The molecule has 0 saturated heterocycles. The Kier molecular flexibility index (Phi) is 23.8. The van der Waals surface area contributed by atoms with Gasteiger partial charge in [0, 0.05) is 25.9 Å². The van der Waals surface area contributed by atoms with Crippen molar-refractivity contribution in [3.63, 3.8) is 0 Å². The molecular weight excluding hydrogens is 388 g/mol. The van der Waals surface area contributed by atoms with Crippen molar-refractivity contribution >= 4 is 8.80 Å². The van der Waals surface area contributed by atoms with Crippen LogP contribution in [0, 0.1) is 0 Å². The molecule has 0 atom stereocenters. The fourth-order valence-corrected chi connectivity index (χ4v) is 6.46. The molecule has 30 heavy (non-hydrogen) atoms. The molecule has 4 heteroatoms. The van der Waals surface area contributed by atoms with Crippen LogP contribution in [0.1, 0.15) is 143 Å². The first-order valence-corrected chi connectivity index (χ1v) is 15.6. The lowest BCUT2D eigenvalue weighted by Gasteiger charge is -2.30. The smallest absolute Gasteiger partial charge is 0.373 e. The Hall–Kier alpha value is 0.0969. The van der Waals surface area contributed by atoms with Crippen molar-refractivity contribution in [3.05, 3.63) is 0 Å². The Morgan fingerprint density at radius 1 is 0.367 bits per heavy atom. The molecule has 0 aromatic heterocycles. The molecule has 0 heterocycles. The summed E-state index contributed by atoms with van der Waals surface area (Å²) < 4.78 is 19.5. The van der Waals surface area contributed by atoms with Gasteiger partial charge < -0.3 is 13.3 Å². The van der Waals surface area contributed by atoms with Gasteiger partial charge in [0.1, 0.15) is 0 Å². The number of hydrogen-bond acceptors (Lipinski definition) is 3. The Balaban J connectivity index is 4.61. The van der Waals surface area contributed by atoms with Crippen molar-refractivity contribution in [2.24, 2.45) is 0 Å². The predicted molar refractivity (Wildman–Crippen MR) is 134 cm³/mol. The molecule has 0 radical (unpaired) electrons. The van der Waals surface area contributed by atoms with Gasteiger partial charge in [-0.15, -0.1) is 0 Å². The second-order valence-corrected chi connectivity index (χ2v) is 11.7. The summed E-state index contributed by atoms with van der Waals surface area (Å²) >= 11 is 0. The summed E-state index contributed by atoms with van der Waals surface area (Å²) in [6.45, 7) is 11.5. The molecule has 0 amide bonds. The zero-order valence-electron chi connectivity index (χ0n) is 21.3. The average Bonchev–Trinajstić information content (AvgIpc) is 2.75. The number of rotatable bonds is 25. The van der Waals surface area contributed by atoms with Gasteiger partial charge in [0.25, 0.3) is 0 Å². The van der Waals surface area contributed by atoms with Crippen LogP contribution in [0.3, 0.4) is 0 Å². The highest BCUT2D eigenvalue weighted by Gasteiger charge is 2.40. The fourth-order valence-electron chi connectivity index (χ4n) is 3.73. The summed E-state index contributed by atoms with van der Waals surface area (Å²) in [5.74, 6) is 0. The molecule has 182 valence electrons. The molecule has 0 aliphatic carbocycles. The summed E-state index contributed by atoms with van der Waals surface area (Å²) in [6, 6.07) is 1.000. The monoisotopic (exact) mass is 444 g/mol. The van der Waals surface area contributed by atoms with Gasteiger partial charge in [0.2, 0.25) is 0 Å². The molecule has 0 aromatic carbocycles. The third-order valence-corrected chi connectivity index (χ3v) is 8.69. The Labute approximate surface area is 191 Å². The fraction of sp³-hybridized carbons (Fsp3) is 1.00. The van der Waals surface area contributed by atoms with Gasteiger partial charge in [-0.25, -0.2) is 0 Å². The highest BCUT2D eigenvalue weighted by Crippen LogP contribution is 2.22. The molecule has 0 aromatic rings. The van der Waals surface area contributed by atoms with Crippen molar-refractivity contribution in [3.8, 4) is 0 Å². The van der Waals surface area contributed by atoms with E-state index in [1.165, 1.54) is 96.3 Å². The minimum absolute atomic E-state index is 0.813. The van der Waals surface area contributed by atoms with Crippen LogP contribution in [0.2, 0.25) is 6.04 Å². The van der Waals surface area contributed by atoms with E-state index >= 15 is 0 Å². The van der Waals surface area contributed by atoms with Crippen molar-refractivity contribution < 1.29 is 13.3 Å². The molecule has 0 aliphatic rings. The van der Waals surface area contributed by atoms with Gasteiger partial charge in [-0.2, -0.15) is 0 Å². The van der Waals surface area contributed by atoms with Crippen molar-refractivity contribution in [2.45, 2.75) is 149 Å². The predicted octanol–water partition coefficient (Wildman–Crippen LogP) is 9.08. The minimum atomic E-state index is -2.54. The van der Waals surface area contributed by atoms with Gasteiger partial charge in [-0.05, 0) is 25.7 Å². The van der Waals surface area contributed by atoms with Gasteiger partial charge in [0.15, 0.2) is 0 Å². The first-order chi connectivity index (χ1) is 14.7. The van der Waals surface area contributed by atoms with E-state index < -0.39 is 8.80 Å². The van der Waals surface area contributed by atoms with Gasteiger partial charge >= 0.3 is 8.80 Å². The highest BCUT2D eigenvalue weighted by molar-refractivity contribution is 6.60. The van der Waals surface area contributed by atoms with Gasteiger partial charge in [-0.3, -0.25) is 0 Å². The summed E-state index contributed by atoms with van der Waals surface area (Å²) in [4.78, 5) is 0. The highest BCUT2D eigenvalue weighted by atomic mass is 28.4. The lowest BCUT2D eigenvalue weighted by atomic mass is 10.2. The van der Waals surface area contributed by atoms with Gasteiger partial charge in [0.05, 0.1) is 0 Å². The Bertz CT molecular complexity index is 285. The maximum atomic E-state index is 6.51. The van der Waals surface area contributed by atoms with Crippen molar-refractivity contribution in [2.75, 3.05) is 19.8 Å². The van der Waals surface area contributed by atoms with Crippen LogP contribution < -0.4 is 0 Å². The lowest BCUT2D eigenvalue weighted by Crippen LogP contribution is -2.46. The molecule has 0 N–H and O–H groups in total.